The second kappa shape index (κ2) is 27.4. The molecule has 0 saturated carbocycles. The number of carboxylic acid groups (broad SMARTS) is 2. The lowest BCUT2D eigenvalue weighted by Gasteiger charge is -2.36. The largest absolute Gasteiger partial charge is 0.476 e. The molecule has 0 aliphatic rings. The maximum atomic E-state index is 12.6. The van der Waals surface area contributed by atoms with E-state index in [2.05, 4.69) is 62.0 Å². The summed E-state index contributed by atoms with van der Waals surface area (Å²) in [7, 11) is 0. The summed E-state index contributed by atoms with van der Waals surface area (Å²) in [5.41, 5.74) is 5.67. The van der Waals surface area contributed by atoms with E-state index < -0.39 is 68.1 Å². The van der Waals surface area contributed by atoms with Gasteiger partial charge >= 0.3 is 23.9 Å². The van der Waals surface area contributed by atoms with Crippen LogP contribution in [0.4, 0.5) is 10.3 Å². The van der Waals surface area contributed by atoms with Gasteiger partial charge in [-0.25, -0.2) is 29.1 Å². The third-order valence-electron chi connectivity index (χ3n) is 11.9. The zero-order valence-electron chi connectivity index (χ0n) is 47.7. The zero-order chi connectivity index (χ0) is 60.6. The van der Waals surface area contributed by atoms with Crippen LogP contribution in [0, 0.1) is 0 Å². The first-order valence-corrected chi connectivity index (χ1v) is 28.2. The van der Waals surface area contributed by atoms with Gasteiger partial charge in [0.05, 0.1) is 0 Å². The lowest BCUT2D eigenvalue weighted by atomic mass is 9.77. The van der Waals surface area contributed by atoms with Crippen LogP contribution in [-0.4, -0.2) is 77.9 Å². The molecule has 0 aliphatic carbocycles. The van der Waals surface area contributed by atoms with Crippen molar-refractivity contribution in [3.8, 4) is 0 Å². The summed E-state index contributed by atoms with van der Waals surface area (Å²) in [6.07, 6.45) is 0. The molecule has 83 heavy (non-hydrogen) atoms. The molecule has 0 unspecified atom stereocenters. The molecule has 19 heteroatoms. The number of thiazole rings is 2. The minimum absolute atomic E-state index is 0.0648. The summed E-state index contributed by atoms with van der Waals surface area (Å²) in [6.45, 7) is 16.1. The van der Waals surface area contributed by atoms with Crippen LogP contribution in [0.15, 0.2) is 203 Å². The normalized spacial score (nSPS) is 12.3. The number of aromatic nitrogens is 2. The van der Waals surface area contributed by atoms with Gasteiger partial charge in [0.2, 0.25) is 22.6 Å². The molecule has 2 heterocycles. The monoisotopic (exact) mass is 1180 g/mol. The number of carboxylic acids is 2. The highest BCUT2D eigenvalue weighted by Crippen LogP contribution is 2.43. The molecule has 0 aliphatic heterocycles. The first-order valence-electron chi connectivity index (χ1n) is 26.1. The Labute approximate surface area is 496 Å². The number of oxime groups is 2. The number of nitrogen functional groups attached to an aromatic ring is 1. The summed E-state index contributed by atoms with van der Waals surface area (Å²) in [4.78, 5) is 66.3. The molecular weight excluding hydrogens is 1110 g/mol. The second-order valence-corrected chi connectivity index (χ2v) is 23.9. The Morgan fingerprint density at radius 1 is 0.470 bits per heavy atom. The summed E-state index contributed by atoms with van der Waals surface area (Å²) < 4.78 is 10.6. The van der Waals surface area contributed by atoms with E-state index in [1.54, 1.807) is 46.9 Å². The first-order chi connectivity index (χ1) is 39.2. The predicted molar refractivity (Wildman–Crippen MR) is 327 cm³/mol. The van der Waals surface area contributed by atoms with Gasteiger partial charge in [-0.15, -0.1) is 34.3 Å². The Balaban J connectivity index is 0.000000221. The number of ether oxygens (including phenoxy) is 2. The number of carbonyl (C=O) groups excluding carboxylic acids is 2. The number of alkyl halides is 1. The van der Waals surface area contributed by atoms with Crippen molar-refractivity contribution >= 4 is 79.8 Å². The summed E-state index contributed by atoms with van der Waals surface area (Å²) >= 11 is 9.43. The smallest absolute Gasteiger partial charge is 0.360 e. The molecule has 0 radical (unpaired) electrons. The molecular formula is C64H67ClN6O10S2. The number of benzene rings is 6. The molecule has 8 rings (SSSR count). The molecule has 0 amide bonds. The van der Waals surface area contributed by atoms with E-state index in [-0.39, 0.29) is 16.5 Å². The average molecular weight is 1180 g/mol. The molecule has 0 saturated heterocycles. The highest BCUT2D eigenvalue weighted by molar-refractivity contribution is 7.14. The van der Waals surface area contributed by atoms with Gasteiger partial charge in [0, 0.05) is 10.8 Å². The van der Waals surface area contributed by atoms with Gasteiger partial charge in [-0.05, 0) is 103 Å². The third kappa shape index (κ3) is 16.9. The lowest BCUT2D eigenvalue weighted by molar-refractivity contribution is -0.180. The van der Waals surface area contributed by atoms with Crippen molar-refractivity contribution in [2.75, 3.05) is 11.1 Å². The van der Waals surface area contributed by atoms with Gasteiger partial charge in [0.15, 0.2) is 10.3 Å². The Morgan fingerprint density at radius 2 is 0.759 bits per heavy atom. The number of carbonyl (C=O) groups is 4. The minimum atomic E-state index is -1.52. The number of rotatable bonds is 18. The maximum absolute atomic E-state index is 12.6. The number of nitrogens with two attached hydrogens (primary N) is 1. The van der Waals surface area contributed by atoms with Crippen molar-refractivity contribution in [2.45, 2.75) is 102 Å². The Morgan fingerprint density at radius 3 is 1.04 bits per heavy atom. The number of halogens is 1. The number of esters is 2. The molecule has 0 bridgehead atoms. The number of nitrogens with one attached hydrogen (secondary N) is 1. The molecule has 5 N–H and O–H groups in total. The van der Waals surface area contributed by atoms with Crippen LogP contribution in [0.2, 0.25) is 0 Å². The van der Waals surface area contributed by atoms with Crippen molar-refractivity contribution in [2.24, 2.45) is 10.3 Å². The third-order valence-corrected chi connectivity index (χ3v) is 13.9. The summed E-state index contributed by atoms with van der Waals surface area (Å²) in [5.74, 6) is -4.02. The quantitative estimate of drug-likeness (QED) is 0.0206. The van der Waals surface area contributed by atoms with Crippen molar-refractivity contribution in [1.29, 1.82) is 0 Å². The van der Waals surface area contributed by atoms with Gasteiger partial charge in [-0.2, -0.15) is 0 Å². The Kier molecular flexibility index (Phi) is 20.9. The van der Waals surface area contributed by atoms with E-state index in [0.29, 0.717) is 5.13 Å². The first kappa shape index (κ1) is 63.5. The van der Waals surface area contributed by atoms with Crippen LogP contribution in [0.1, 0.15) is 114 Å². The molecule has 8 aromatic rings. The topological polar surface area (TPSA) is 234 Å². The van der Waals surface area contributed by atoms with Gasteiger partial charge in [0.25, 0.3) is 0 Å². The van der Waals surface area contributed by atoms with Gasteiger partial charge < -0.3 is 40.4 Å². The van der Waals surface area contributed by atoms with E-state index in [9.17, 15) is 24.3 Å². The van der Waals surface area contributed by atoms with E-state index in [1.807, 2.05) is 146 Å². The number of hydrogen-bond donors (Lipinski definition) is 4. The Hall–Kier alpha value is -8.71. The van der Waals surface area contributed by atoms with Crippen molar-refractivity contribution in [3.05, 3.63) is 238 Å². The van der Waals surface area contributed by atoms with Crippen LogP contribution in [0.25, 0.3) is 0 Å². The molecule has 6 aromatic carbocycles. The minimum Gasteiger partial charge on any atom is -0.476 e. The molecule has 0 fully saturated rings. The predicted octanol–water partition coefficient (Wildman–Crippen LogP) is 13.3. The fraction of sp³-hybridized carbons (Fsp3) is 0.250. The van der Waals surface area contributed by atoms with Crippen LogP contribution >= 0.6 is 34.3 Å². The van der Waals surface area contributed by atoms with Crippen LogP contribution in [0.3, 0.4) is 0 Å². The average Bonchev–Trinajstić information content (AvgIpc) is 2.89. The van der Waals surface area contributed by atoms with Crippen molar-refractivity contribution in [1.82, 2.24) is 9.97 Å². The van der Waals surface area contributed by atoms with E-state index >= 15 is 0 Å². The Bertz CT molecular complexity index is 3280. The van der Waals surface area contributed by atoms with Crippen LogP contribution in [0.5, 0.6) is 0 Å². The SMILES string of the molecule is CC(C)(C)OC(=O)C(C)(C)O/N=C(\C(=O)O)c1csc(N)n1.CC(C)(C)OC(=O)C(C)(C)O/N=C(\C(=O)O)c1csc(NC(c2ccccc2)(c2ccccc2)c2ccccc2)n1.ClC(c1ccccc1)(c1ccccc1)c1ccccc1. The fourth-order valence-corrected chi connectivity index (χ4v) is 9.54. The lowest BCUT2D eigenvalue weighted by Crippen LogP contribution is -2.40. The number of nitrogens with zero attached hydrogens (tertiary/aromatic N) is 4. The zero-order valence-corrected chi connectivity index (χ0v) is 50.1. The number of anilines is 2. The summed E-state index contributed by atoms with van der Waals surface area (Å²) in [5, 5.41) is 33.8. The number of hydrogen-bond acceptors (Lipinski definition) is 16. The van der Waals surface area contributed by atoms with E-state index in [0.717, 1.165) is 44.7 Å². The molecule has 2 aromatic heterocycles. The highest BCUT2D eigenvalue weighted by atomic mass is 35.5. The van der Waals surface area contributed by atoms with Crippen molar-refractivity contribution < 1.29 is 48.5 Å². The van der Waals surface area contributed by atoms with E-state index in [4.69, 9.17) is 41.6 Å². The standard InChI is InChI=1S/C32H33N3O5S.C19H15Cl.C13H19N3O5S/c1-30(2,3)39-28(38)31(4,5)40-35-26(27(36)37)25-21-41-29(33-25)34-32(22-15-9-6-10-16-22,23-17-11-7-12-18-23)24-19-13-8-14-20-24;20-19(16-10-4-1-5-11-16,17-12-6-2-7-13-17)18-14-8-3-9-15-18;1-12(2,3)20-10(19)13(4,5)21-16-8(9(17)18)7-6-22-11(14)15-7/h6-21H,1-5H3,(H,33,34)(H,36,37);1-15H;6H,1-5H3,(H2,14,15)(H,17,18)/b35-26-;;16-8-. The number of aliphatic carboxylic acids is 2. The molecule has 432 valence electrons. The fourth-order valence-electron chi connectivity index (χ4n) is 7.87. The van der Waals surface area contributed by atoms with Gasteiger partial charge in [-0.3, -0.25) is 0 Å². The molecule has 0 atom stereocenters. The second-order valence-electron chi connectivity index (χ2n) is 21.5. The highest BCUT2D eigenvalue weighted by Gasteiger charge is 2.40. The van der Waals surface area contributed by atoms with Crippen LogP contribution < -0.4 is 11.1 Å². The maximum Gasteiger partial charge on any atom is 0.360 e. The van der Waals surface area contributed by atoms with E-state index in [1.165, 1.54) is 44.4 Å². The van der Waals surface area contributed by atoms with Gasteiger partial charge in [0.1, 0.15) is 33.0 Å². The van der Waals surface area contributed by atoms with Crippen molar-refractivity contribution in [3.63, 3.8) is 0 Å². The summed E-state index contributed by atoms with van der Waals surface area (Å²) in [6, 6.07) is 60.6. The molecule has 0 spiro atoms. The van der Waals surface area contributed by atoms with Gasteiger partial charge in [-0.1, -0.05) is 192 Å². The van der Waals surface area contributed by atoms with Crippen LogP contribution in [-0.2, 0) is 48.7 Å². The molecule has 16 nitrogen and oxygen atoms in total.